The van der Waals surface area contributed by atoms with Crippen molar-refractivity contribution in [1.29, 1.82) is 0 Å². The molecule has 1 aliphatic rings. The number of carbonyl (C=O) groups excluding carboxylic acids is 4. The van der Waals surface area contributed by atoms with E-state index in [1.54, 1.807) is 0 Å². The van der Waals surface area contributed by atoms with Crippen LogP contribution in [0.4, 0.5) is 0 Å². The largest absolute Gasteiger partial charge is 0.466 e. The Morgan fingerprint density at radius 1 is 1.09 bits per heavy atom. The Kier molecular flexibility index (Phi) is 12.0. The predicted octanol–water partition coefficient (Wildman–Crippen LogP) is 0.724. The maximum atomic E-state index is 12.4. The van der Waals surface area contributed by atoms with E-state index < -0.39 is 23.9 Å². The van der Waals surface area contributed by atoms with E-state index >= 15 is 0 Å². The van der Waals surface area contributed by atoms with Gasteiger partial charge in [-0.15, -0.1) is 0 Å². The molecule has 0 saturated carbocycles. The van der Waals surface area contributed by atoms with E-state index in [2.05, 4.69) is 10.6 Å². The van der Waals surface area contributed by atoms with Gasteiger partial charge in [-0.25, -0.2) is 0 Å². The fourth-order valence-corrected chi connectivity index (χ4v) is 3.60. The summed E-state index contributed by atoms with van der Waals surface area (Å²) in [6.45, 7) is 1.28. The van der Waals surface area contributed by atoms with Crippen molar-refractivity contribution in [1.82, 2.24) is 15.5 Å². The van der Waals surface area contributed by atoms with Gasteiger partial charge >= 0.3 is 11.9 Å². The van der Waals surface area contributed by atoms with Gasteiger partial charge in [0.05, 0.1) is 26.1 Å². The molecule has 2 N–H and O–H groups in total. The lowest BCUT2D eigenvalue weighted by Gasteiger charge is -2.36. The van der Waals surface area contributed by atoms with Gasteiger partial charge in [-0.05, 0) is 30.6 Å². The number of benzene rings is 1. The lowest BCUT2D eigenvalue weighted by atomic mass is 10.1. The van der Waals surface area contributed by atoms with Gasteiger partial charge in [0.2, 0.25) is 11.8 Å². The second-order valence-corrected chi connectivity index (χ2v) is 7.97. The smallest absolute Gasteiger partial charge is 0.308 e. The third-order valence-electron chi connectivity index (χ3n) is 5.02. The molecular formula is C23H31N3O7S. The number of rotatable bonds is 12. The molecule has 186 valence electrons. The average molecular weight is 494 g/mol. The third-order valence-corrected chi connectivity index (χ3v) is 5.36. The first kappa shape index (κ1) is 27.2. The Morgan fingerprint density at radius 2 is 1.82 bits per heavy atom. The van der Waals surface area contributed by atoms with Crippen molar-refractivity contribution in [2.24, 2.45) is 0 Å². The first-order chi connectivity index (χ1) is 16.4. The molecule has 0 aliphatic carbocycles. The molecule has 10 nitrogen and oxygen atoms in total. The Bertz CT molecular complexity index is 850. The molecular weight excluding hydrogens is 462 g/mol. The molecule has 1 saturated heterocycles. The molecule has 1 aromatic rings. The molecule has 1 atom stereocenters. The predicted molar refractivity (Wildman–Crippen MR) is 127 cm³/mol. The Morgan fingerprint density at radius 3 is 2.56 bits per heavy atom. The lowest BCUT2D eigenvalue weighted by molar-refractivity contribution is -0.147. The summed E-state index contributed by atoms with van der Waals surface area (Å²) in [4.78, 5) is 50.0. The second kappa shape index (κ2) is 15.0. The van der Waals surface area contributed by atoms with Crippen molar-refractivity contribution in [3.63, 3.8) is 0 Å². The maximum absolute atomic E-state index is 12.4. The third kappa shape index (κ3) is 9.84. The highest BCUT2D eigenvalue weighted by molar-refractivity contribution is 7.80. The molecule has 1 aliphatic heterocycles. The summed E-state index contributed by atoms with van der Waals surface area (Å²) in [7, 11) is 1.49. The topological polar surface area (TPSA) is 123 Å². The molecule has 2 amide bonds. The molecule has 1 fully saturated rings. The number of methoxy groups -OCH3 is 1. The van der Waals surface area contributed by atoms with Gasteiger partial charge in [-0.3, -0.25) is 19.2 Å². The summed E-state index contributed by atoms with van der Waals surface area (Å²) in [6, 6.07) is 8.97. The van der Waals surface area contributed by atoms with E-state index in [4.69, 9.17) is 26.4 Å². The molecule has 34 heavy (non-hydrogen) atoms. The first-order valence-corrected chi connectivity index (χ1v) is 11.5. The van der Waals surface area contributed by atoms with E-state index in [0.29, 0.717) is 19.5 Å². The number of nitrogens with one attached hydrogen (secondary N) is 2. The van der Waals surface area contributed by atoms with Crippen LogP contribution in [0.25, 0.3) is 0 Å². The number of esters is 2. The van der Waals surface area contributed by atoms with Crippen LogP contribution in [-0.4, -0.2) is 79.8 Å². The molecule has 0 bridgehead atoms. The molecule has 1 aromatic carbocycles. The number of carbonyl (C=O) groups is 4. The minimum absolute atomic E-state index is 0.0227. The van der Waals surface area contributed by atoms with Crippen LogP contribution in [0, 0.1) is 0 Å². The van der Waals surface area contributed by atoms with Crippen molar-refractivity contribution in [2.75, 3.05) is 40.0 Å². The number of thiocarbonyl (C=S) groups is 1. The quantitative estimate of drug-likeness (QED) is 0.246. The van der Waals surface area contributed by atoms with E-state index in [-0.39, 0.29) is 50.1 Å². The van der Waals surface area contributed by atoms with Crippen molar-refractivity contribution >= 4 is 41.1 Å². The van der Waals surface area contributed by atoms with Crippen molar-refractivity contribution in [3.8, 4) is 0 Å². The Labute approximate surface area is 204 Å². The van der Waals surface area contributed by atoms with Crippen LogP contribution in [0.5, 0.6) is 0 Å². The van der Waals surface area contributed by atoms with Gasteiger partial charge < -0.3 is 29.7 Å². The van der Waals surface area contributed by atoms with Gasteiger partial charge in [0.15, 0.2) is 5.11 Å². The number of piperazine rings is 1. The van der Waals surface area contributed by atoms with Crippen molar-refractivity contribution in [2.45, 2.75) is 38.1 Å². The monoisotopic (exact) mass is 493 g/mol. The molecule has 0 aromatic heterocycles. The summed E-state index contributed by atoms with van der Waals surface area (Å²) >= 11 is 5.29. The van der Waals surface area contributed by atoms with E-state index in [1.165, 1.54) is 12.0 Å². The van der Waals surface area contributed by atoms with E-state index in [0.717, 1.165) is 12.0 Å². The van der Waals surface area contributed by atoms with Gasteiger partial charge in [0.25, 0.3) is 0 Å². The number of nitrogens with zero attached hydrogens (tertiary/aromatic N) is 1. The number of hydrogen-bond acceptors (Lipinski definition) is 8. The van der Waals surface area contributed by atoms with Crippen molar-refractivity contribution < 1.29 is 33.4 Å². The number of amides is 2. The Balaban J connectivity index is 1.77. The van der Waals surface area contributed by atoms with Crippen LogP contribution in [0.1, 0.15) is 31.2 Å². The SMILES string of the molecule is COCCOC(=O)CCC(=O)NC(=S)N1CCNC(=O)C1CC(=O)OCCCc1ccccc1. The van der Waals surface area contributed by atoms with Crippen LogP contribution >= 0.6 is 12.2 Å². The van der Waals surface area contributed by atoms with Gasteiger partial charge in [-0.2, -0.15) is 0 Å². The average Bonchev–Trinajstić information content (AvgIpc) is 2.82. The van der Waals surface area contributed by atoms with Crippen LogP contribution in [0.3, 0.4) is 0 Å². The highest BCUT2D eigenvalue weighted by atomic mass is 32.1. The zero-order valence-corrected chi connectivity index (χ0v) is 20.1. The summed E-state index contributed by atoms with van der Waals surface area (Å²) in [6.07, 6.45) is 1.01. The van der Waals surface area contributed by atoms with E-state index in [1.807, 2.05) is 30.3 Å². The minimum atomic E-state index is -0.887. The highest BCUT2D eigenvalue weighted by Crippen LogP contribution is 2.11. The molecule has 0 radical (unpaired) electrons. The lowest BCUT2D eigenvalue weighted by Crippen LogP contribution is -2.60. The molecule has 0 spiro atoms. The molecule has 1 heterocycles. The molecule has 2 rings (SSSR count). The first-order valence-electron chi connectivity index (χ1n) is 11.1. The van der Waals surface area contributed by atoms with Crippen LogP contribution < -0.4 is 10.6 Å². The van der Waals surface area contributed by atoms with Crippen molar-refractivity contribution in [3.05, 3.63) is 35.9 Å². The number of aryl methyl sites for hydroxylation is 1. The zero-order valence-electron chi connectivity index (χ0n) is 19.2. The van der Waals surface area contributed by atoms with Gasteiger partial charge in [0, 0.05) is 26.6 Å². The Hall–Kier alpha value is -3.05. The second-order valence-electron chi connectivity index (χ2n) is 7.58. The van der Waals surface area contributed by atoms with Gasteiger partial charge in [-0.1, -0.05) is 30.3 Å². The zero-order chi connectivity index (χ0) is 24.8. The maximum Gasteiger partial charge on any atom is 0.308 e. The van der Waals surface area contributed by atoms with Gasteiger partial charge in [0.1, 0.15) is 12.6 Å². The fourth-order valence-electron chi connectivity index (χ4n) is 3.26. The van der Waals surface area contributed by atoms with Crippen LogP contribution in [0.15, 0.2) is 30.3 Å². The highest BCUT2D eigenvalue weighted by Gasteiger charge is 2.34. The minimum Gasteiger partial charge on any atom is -0.466 e. The standard InChI is InChI=1S/C23H31N3O7S/c1-31-14-15-33-20(28)10-9-19(27)25-23(34)26-12-11-24-22(30)18(26)16-21(29)32-13-5-8-17-6-3-2-4-7-17/h2-4,6-7,18H,5,8-16H2,1H3,(H,24,30)(H,25,27,34). The van der Waals surface area contributed by atoms with Crippen LogP contribution in [-0.2, 0) is 39.8 Å². The summed E-state index contributed by atoms with van der Waals surface area (Å²) < 4.78 is 15.0. The summed E-state index contributed by atoms with van der Waals surface area (Å²) in [5, 5.41) is 5.24. The van der Waals surface area contributed by atoms with Crippen LogP contribution in [0.2, 0.25) is 0 Å². The number of ether oxygens (including phenoxy) is 3. The summed E-state index contributed by atoms with van der Waals surface area (Å²) in [5.41, 5.74) is 1.15. The normalized spacial score (nSPS) is 15.3. The summed E-state index contributed by atoms with van der Waals surface area (Å²) in [5.74, 6) is -1.90. The molecule has 1 unspecified atom stereocenters. The fraction of sp³-hybridized carbons (Fsp3) is 0.522. The van der Waals surface area contributed by atoms with E-state index in [9.17, 15) is 19.2 Å². The number of hydrogen-bond donors (Lipinski definition) is 2. The molecule has 11 heteroatoms.